The number of rotatable bonds is 13. The van der Waals surface area contributed by atoms with E-state index in [0.29, 0.717) is 5.57 Å². The van der Waals surface area contributed by atoms with Crippen molar-refractivity contribution >= 4 is 18.0 Å². The third-order valence-electron chi connectivity index (χ3n) is 8.27. The second-order valence-corrected chi connectivity index (χ2v) is 11.4. The predicted octanol–water partition coefficient (Wildman–Crippen LogP) is 3.38. The number of nitrogens with zero attached hydrogens (tertiary/aromatic N) is 3. The minimum Gasteiger partial charge on any atom is -0.495 e. The van der Waals surface area contributed by atoms with Crippen LogP contribution in [-0.4, -0.2) is 102 Å². The van der Waals surface area contributed by atoms with E-state index in [1.54, 1.807) is 6.92 Å². The lowest BCUT2D eigenvalue weighted by Gasteiger charge is -2.41. The van der Waals surface area contributed by atoms with E-state index in [0.717, 1.165) is 27.8 Å². The van der Waals surface area contributed by atoms with Gasteiger partial charge in [-0.2, -0.15) is 0 Å². The zero-order valence-electron chi connectivity index (χ0n) is 26.5. The highest BCUT2D eigenvalue weighted by Gasteiger charge is 2.34. The number of fused-ring (bicyclic) bond motifs is 3. The predicted molar refractivity (Wildman–Crippen MR) is 173 cm³/mol. The molecule has 2 amide bonds. The number of methoxy groups -OCH3 is 1. The quantitative estimate of drug-likeness (QED) is 0.237. The fraction of sp³-hybridized carbons (Fsp3) is 0.343. The molecule has 0 saturated heterocycles. The number of benzene rings is 3. The normalized spacial score (nSPS) is 16.0. The fourth-order valence-electron chi connectivity index (χ4n) is 5.84. The summed E-state index contributed by atoms with van der Waals surface area (Å²) in [5.41, 5.74) is 5.89. The third-order valence-corrected chi connectivity index (χ3v) is 8.27. The van der Waals surface area contributed by atoms with Gasteiger partial charge in [0.2, 0.25) is 5.91 Å². The molecule has 1 aliphatic heterocycles. The van der Waals surface area contributed by atoms with Crippen molar-refractivity contribution in [3.05, 3.63) is 107 Å². The Labute approximate surface area is 273 Å². The molecule has 0 bridgehead atoms. The summed E-state index contributed by atoms with van der Waals surface area (Å²) >= 11 is 0. The maximum absolute atomic E-state index is 13.4. The molecular formula is C35H40N4O8. The average molecular weight is 645 g/mol. The van der Waals surface area contributed by atoms with Crippen LogP contribution in [0.2, 0.25) is 0 Å². The van der Waals surface area contributed by atoms with E-state index in [9.17, 15) is 24.6 Å². The minimum atomic E-state index is -1.36. The van der Waals surface area contributed by atoms with Crippen LogP contribution in [0.1, 0.15) is 29.5 Å². The maximum atomic E-state index is 13.4. The Morgan fingerprint density at radius 3 is 2.26 bits per heavy atom. The number of alkyl carbamates (subject to hydrolysis) is 1. The first-order valence-corrected chi connectivity index (χ1v) is 15.4. The molecule has 1 aliphatic carbocycles. The summed E-state index contributed by atoms with van der Waals surface area (Å²) in [4.78, 5) is 42.2. The van der Waals surface area contributed by atoms with Crippen LogP contribution >= 0.6 is 0 Å². The molecule has 3 aromatic carbocycles. The van der Waals surface area contributed by atoms with Crippen molar-refractivity contribution in [3.63, 3.8) is 0 Å². The summed E-state index contributed by atoms with van der Waals surface area (Å²) in [6.07, 6.45) is -2.01. The summed E-state index contributed by atoms with van der Waals surface area (Å²) < 4.78 is 16.1. The number of aliphatic hydroxyl groups is 2. The number of carbonyl (C=O) groups is 3. The molecule has 12 nitrogen and oxygen atoms in total. The van der Waals surface area contributed by atoms with Crippen LogP contribution in [0.5, 0.6) is 0 Å². The van der Waals surface area contributed by atoms with Crippen molar-refractivity contribution in [2.75, 3.05) is 53.2 Å². The first-order chi connectivity index (χ1) is 22.8. The monoisotopic (exact) mass is 644 g/mol. The van der Waals surface area contributed by atoms with Gasteiger partial charge in [-0.15, -0.1) is 0 Å². The second-order valence-electron chi connectivity index (χ2n) is 11.4. The van der Waals surface area contributed by atoms with Crippen LogP contribution in [-0.2, 0) is 30.4 Å². The van der Waals surface area contributed by atoms with Crippen LogP contribution in [0, 0.1) is 0 Å². The molecule has 2 aliphatic rings. The van der Waals surface area contributed by atoms with Gasteiger partial charge in [-0.05, 0) is 34.7 Å². The van der Waals surface area contributed by atoms with E-state index >= 15 is 0 Å². The van der Waals surface area contributed by atoms with Gasteiger partial charge in [0.15, 0.2) is 12.2 Å². The number of nitrogens with one attached hydrogen (secondary N) is 1. The molecular weight excluding hydrogens is 604 g/mol. The SMILES string of the molecule is COC(=O)CN(CCNC(=O)OCC1c2ccccc2-c2ccccc21)C(=O)CN1CC(C)=C(O)N(COCc2ccccc2)C1O. The molecule has 47 heavy (non-hydrogen) atoms. The van der Waals surface area contributed by atoms with Gasteiger partial charge in [0.1, 0.15) is 19.9 Å². The minimum absolute atomic E-state index is 0.00790. The van der Waals surface area contributed by atoms with Crippen molar-refractivity contribution < 1.29 is 38.8 Å². The number of hydrogen-bond acceptors (Lipinski definition) is 10. The number of carbonyl (C=O) groups excluding carboxylic acids is 3. The van der Waals surface area contributed by atoms with Gasteiger partial charge in [0, 0.05) is 31.1 Å². The van der Waals surface area contributed by atoms with E-state index in [1.807, 2.05) is 66.7 Å². The molecule has 0 spiro atoms. The molecule has 1 unspecified atom stereocenters. The van der Waals surface area contributed by atoms with Crippen molar-refractivity contribution in [2.45, 2.75) is 25.8 Å². The second kappa shape index (κ2) is 15.6. The van der Waals surface area contributed by atoms with Crippen LogP contribution in [0.4, 0.5) is 4.79 Å². The van der Waals surface area contributed by atoms with Gasteiger partial charge in [0.25, 0.3) is 0 Å². The Bertz CT molecular complexity index is 1550. The van der Waals surface area contributed by atoms with Crippen molar-refractivity contribution in [1.29, 1.82) is 0 Å². The summed E-state index contributed by atoms with van der Waals surface area (Å²) in [5.74, 6) is -1.35. The fourth-order valence-corrected chi connectivity index (χ4v) is 5.84. The van der Waals surface area contributed by atoms with E-state index < -0.39 is 24.3 Å². The lowest BCUT2D eigenvalue weighted by molar-refractivity contribution is -0.168. The number of esters is 1. The van der Waals surface area contributed by atoms with Crippen molar-refractivity contribution in [2.24, 2.45) is 0 Å². The Balaban J connectivity index is 1.14. The van der Waals surface area contributed by atoms with Gasteiger partial charge >= 0.3 is 12.1 Å². The zero-order valence-corrected chi connectivity index (χ0v) is 26.5. The first-order valence-electron chi connectivity index (χ1n) is 15.4. The lowest BCUT2D eigenvalue weighted by atomic mass is 9.98. The first kappa shape index (κ1) is 33.5. The summed E-state index contributed by atoms with van der Waals surface area (Å²) in [6, 6.07) is 25.5. The highest BCUT2D eigenvalue weighted by atomic mass is 16.5. The van der Waals surface area contributed by atoms with Crippen LogP contribution < -0.4 is 5.32 Å². The van der Waals surface area contributed by atoms with Gasteiger partial charge in [0.05, 0.1) is 20.3 Å². The Morgan fingerprint density at radius 2 is 1.60 bits per heavy atom. The molecule has 0 aromatic heterocycles. The molecule has 3 aromatic rings. The number of aliphatic hydroxyl groups excluding tert-OH is 2. The highest BCUT2D eigenvalue weighted by Crippen LogP contribution is 2.44. The third kappa shape index (κ3) is 8.09. The number of amides is 2. The van der Waals surface area contributed by atoms with Gasteiger partial charge < -0.3 is 34.6 Å². The van der Waals surface area contributed by atoms with Gasteiger partial charge in [-0.25, -0.2) is 9.69 Å². The van der Waals surface area contributed by atoms with Crippen molar-refractivity contribution in [3.8, 4) is 11.1 Å². The van der Waals surface area contributed by atoms with E-state index in [1.165, 1.54) is 21.8 Å². The molecule has 5 rings (SSSR count). The molecule has 248 valence electrons. The lowest BCUT2D eigenvalue weighted by Crippen LogP contribution is -2.56. The molecule has 12 heteroatoms. The summed E-state index contributed by atoms with van der Waals surface area (Å²) in [7, 11) is 1.22. The van der Waals surface area contributed by atoms with Crippen molar-refractivity contribution in [1.82, 2.24) is 20.0 Å². The topological polar surface area (TPSA) is 141 Å². The summed E-state index contributed by atoms with van der Waals surface area (Å²) in [5, 5.41) is 24.3. The standard InChI is InChI=1S/C35H40N4O8/c1-24-18-38(35(44)39(33(24)42)23-46-21-25-10-4-3-5-11-25)19-31(40)37(20-32(41)45-2)17-16-36-34(43)47-22-30-28-14-8-6-12-26(28)27-13-7-9-15-29(27)30/h3-15,30,35,42,44H,16-23H2,1-2H3,(H,36,43). The Morgan fingerprint density at radius 1 is 0.957 bits per heavy atom. The highest BCUT2D eigenvalue weighted by molar-refractivity contribution is 5.83. The molecule has 0 saturated carbocycles. The smallest absolute Gasteiger partial charge is 0.407 e. The van der Waals surface area contributed by atoms with Gasteiger partial charge in [-0.1, -0.05) is 78.9 Å². The van der Waals surface area contributed by atoms with Crippen LogP contribution in [0.15, 0.2) is 90.3 Å². The molecule has 0 fully saturated rings. The van der Waals surface area contributed by atoms with E-state index in [4.69, 9.17) is 14.2 Å². The molecule has 3 N–H and O–H groups in total. The molecule has 1 atom stereocenters. The number of ether oxygens (including phenoxy) is 3. The number of hydrogen-bond donors (Lipinski definition) is 3. The van der Waals surface area contributed by atoms with Crippen LogP contribution in [0.3, 0.4) is 0 Å². The zero-order chi connectivity index (χ0) is 33.3. The Kier molecular flexibility index (Phi) is 11.1. The maximum Gasteiger partial charge on any atom is 0.407 e. The average Bonchev–Trinajstić information content (AvgIpc) is 3.41. The summed E-state index contributed by atoms with van der Waals surface area (Å²) in [6.45, 7) is 1.46. The molecule has 1 heterocycles. The van der Waals surface area contributed by atoms with E-state index in [-0.39, 0.29) is 64.5 Å². The van der Waals surface area contributed by atoms with Gasteiger partial charge in [-0.3, -0.25) is 14.5 Å². The van der Waals surface area contributed by atoms with E-state index in [2.05, 4.69) is 17.4 Å². The molecule has 0 radical (unpaired) electrons. The Hall–Kier alpha value is -4.91. The largest absolute Gasteiger partial charge is 0.495 e. The van der Waals surface area contributed by atoms with Crippen LogP contribution in [0.25, 0.3) is 11.1 Å².